The summed E-state index contributed by atoms with van der Waals surface area (Å²) in [7, 11) is 0. The Morgan fingerprint density at radius 1 is 1.15 bits per heavy atom. The highest BCUT2D eigenvalue weighted by molar-refractivity contribution is 7.99. The molecule has 138 valence electrons. The van der Waals surface area contributed by atoms with E-state index in [-0.39, 0.29) is 5.91 Å². The van der Waals surface area contributed by atoms with Crippen LogP contribution in [0, 0.1) is 6.92 Å². The molecule has 0 unspecified atom stereocenters. The van der Waals surface area contributed by atoms with Crippen LogP contribution in [-0.4, -0.2) is 55.4 Å². The van der Waals surface area contributed by atoms with Crippen LogP contribution in [-0.2, 0) is 0 Å². The highest BCUT2D eigenvalue weighted by atomic mass is 35.5. The number of thioether (sulfide) groups is 1. The molecule has 3 aromatic rings. The number of benzene rings is 1. The SMILES string of the molecule is Cc1ccc(Cl)cc1-n1nnc(C(=O)N2CCSCC2)c1-c1ccncc1. The lowest BCUT2D eigenvalue weighted by atomic mass is 10.1. The highest BCUT2D eigenvalue weighted by Gasteiger charge is 2.27. The monoisotopic (exact) mass is 399 g/mol. The predicted molar refractivity (Wildman–Crippen MR) is 108 cm³/mol. The van der Waals surface area contributed by atoms with Gasteiger partial charge in [-0.05, 0) is 36.8 Å². The lowest BCUT2D eigenvalue weighted by Crippen LogP contribution is -2.38. The lowest BCUT2D eigenvalue weighted by Gasteiger charge is -2.25. The summed E-state index contributed by atoms with van der Waals surface area (Å²) in [5.41, 5.74) is 3.64. The van der Waals surface area contributed by atoms with Gasteiger partial charge in [-0.25, -0.2) is 4.68 Å². The molecule has 8 heteroatoms. The molecular weight excluding hydrogens is 382 g/mol. The van der Waals surface area contributed by atoms with E-state index in [2.05, 4.69) is 15.3 Å². The van der Waals surface area contributed by atoms with Crippen molar-refractivity contribution in [2.45, 2.75) is 6.92 Å². The van der Waals surface area contributed by atoms with Gasteiger partial charge < -0.3 is 4.90 Å². The highest BCUT2D eigenvalue weighted by Crippen LogP contribution is 2.29. The summed E-state index contributed by atoms with van der Waals surface area (Å²) < 4.78 is 1.70. The predicted octanol–water partition coefficient (Wildman–Crippen LogP) is 3.48. The zero-order chi connectivity index (χ0) is 18.8. The van der Waals surface area contributed by atoms with Crippen LogP contribution in [0.25, 0.3) is 16.9 Å². The Morgan fingerprint density at radius 3 is 2.63 bits per heavy atom. The van der Waals surface area contributed by atoms with Gasteiger partial charge >= 0.3 is 0 Å². The summed E-state index contributed by atoms with van der Waals surface area (Å²) >= 11 is 8.07. The Balaban J connectivity index is 1.87. The van der Waals surface area contributed by atoms with Crippen LogP contribution in [0.3, 0.4) is 0 Å². The van der Waals surface area contributed by atoms with E-state index in [0.29, 0.717) is 16.4 Å². The molecule has 0 N–H and O–H groups in total. The first-order valence-electron chi connectivity index (χ1n) is 8.65. The fraction of sp³-hybridized carbons (Fsp3) is 0.263. The Hall–Kier alpha value is -2.38. The largest absolute Gasteiger partial charge is 0.336 e. The van der Waals surface area contributed by atoms with Crippen molar-refractivity contribution in [3.05, 3.63) is 59.0 Å². The van der Waals surface area contributed by atoms with E-state index in [1.807, 2.05) is 53.9 Å². The minimum Gasteiger partial charge on any atom is -0.336 e. The zero-order valence-corrected chi connectivity index (χ0v) is 16.4. The van der Waals surface area contributed by atoms with Crippen LogP contribution in [0.5, 0.6) is 0 Å². The second-order valence-electron chi connectivity index (χ2n) is 6.27. The van der Waals surface area contributed by atoms with Gasteiger partial charge in [-0.2, -0.15) is 11.8 Å². The molecule has 1 aliphatic heterocycles. The number of carbonyl (C=O) groups is 1. The van der Waals surface area contributed by atoms with Crippen LogP contribution in [0.15, 0.2) is 42.7 Å². The number of aromatic nitrogens is 4. The molecule has 0 spiro atoms. The summed E-state index contributed by atoms with van der Waals surface area (Å²) in [6, 6.07) is 9.32. The average Bonchev–Trinajstić information content (AvgIpc) is 3.15. The molecule has 1 amide bonds. The van der Waals surface area contributed by atoms with Crippen LogP contribution in [0.2, 0.25) is 5.02 Å². The van der Waals surface area contributed by atoms with Crippen LogP contribution in [0.4, 0.5) is 0 Å². The fourth-order valence-electron chi connectivity index (χ4n) is 3.09. The molecule has 0 radical (unpaired) electrons. The molecule has 4 rings (SSSR count). The van der Waals surface area contributed by atoms with Gasteiger partial charge in [0.1, 0.15) is 5.69 Å². The molecule has 1 aromatic carbocycles. The molecule has 1 aliphatic rings. The molecule has 0 aliphatic carbocycles. The smallest absolute Gasteiger partial charge is 0.276 e. The molecule has 6 nitrogen and oxygen atoms in total. The maximum atomic E-state index is 13.1. The molecule has 1 fully saturated rings. The van der Waals surface area contributed by atoms with Gasteiger partial charge in [0.2, 0.25) is 0 Å². The Labute approximate surface area is 166 Å². The van der Waals surface area contributed by atoms with Crippen molar-refractivity contribution in [1.29, 1.82) is 0 Å². The summed E-state index contributed by atoms with van der Waals surface area (Å²) in [5.74, 6) is 1.79. The Kier molecular flexibility index (Phi) is 5.13. The van der Waals surface area contributed by atoms with Crippen molar-refractivity contribution < 1.29 is 4.79 Å². The van der Waals surface area contributed by atoms with E-state index in [9.17, 15) is 4.79 Å². The first-order valence-corrected chi connectivity index (χ1v) is 10.2. The number of nitrogens with zero attached hydrogens (tertiary/aromatic N) is 5. The van der Waals surface area contributed by atoms with Gasteiger partial charge in [0.05, 0.1) is 5.69 Å². The maximum Gasteiger partial charge on any atom is 0.276 e. The van der Waals surface area contributed by atoms with Gasteiger partial charge in [-0.1, -0.05) is 22.9 Å². The second kappa shape index (κ2) is 7.70. The van der Waals surface area contributed by atoms with Crippen molar-refractivity contribution in [2.24, 2.45) is 0 Å². The number of aryl methyl sites for hydroxylation is 1. The average molecular weight is 400 g/mol. The van der Waals surface area contributed by atoms with Gasteiger partial charge in [0.25, 0.3) is 5.91 Å². The van der Waals surface area contributed by atoms with Gasteiger partial charge in [0, 0.05) is 47.6 Å². The number of amides is 1. The van der Waals surface area contributed by atoms with Crippen LogP contribution < -0.4 is 0 Å². The Morgan fingerprint density at radius 2 is 1.89 bits per heavy atom. The van der Waals surface area contributed by atoms with Crippen molar-refractivity contribution in [2.75, 3.05) is 24.6 Å². The molecule has 0 saturated carbocycles. The van der Waals surface area contributed by atoms with E-state index < -0.39 is 0 Å². The van der Waals surface area contributed by atoms with Crippen molar-refractivity contribution >= 4 is 29.3 Å². The quantitative estimate of drug-likeness (QED) is 0.674. The number of hydrogen-bond donors (Lipinski definition) is 0. The maximum absolute atomic E-state index is 13.1. The standard InChI is InChI=1S/C19H18ClN5OS/c1-13-2-3-15(20)12-16(13)25-18(14-4-6-21-7-5-14)17(22-23-25)19(26)24-8-10-27-11-9-24/h2-7,12H,8-11H2,1H3. The van der Waals surface area contributed by atoms with E-state index in [4.69, 9.17) is 11.6 Å². The molecule has 2 aromatic heterocycles. The van der Waals surface area contributed by atoms with Crippen LogP contribution >= 0.6 is 23.4 Å². The van der Waals surface area contributed by atoms with E-state index in [1.165, 1.54) is 0 Å². The third-order valence-electron chi connectivity index (χ3n) is 4.52. The van der Waals surface area contributed by atoms with Gasteiger partial charge in [-0.15, -0.1) is 5.10 Å². The zero-order valence-electron chi connectivity index (χ0n) is 14.8. The normalized spacial score (nSPS) is 14.4. The number of rotatable bonds is 3. The molecule has 0 atom stereocenters. The van der Waals surface area contributed by atoms with Crippen molar-refractivity contribution in [3.8, 4) is 16.9 Å². The number of pyridine rings is 1. The molecule has 1 saturated heterocycles. The molecule has 3 heterocycles. The summed E-state index contributed by atoms with van der Waals surface area (Å²) in [4.78, 5) is 19.1. The summed E-state index contributed by atoms with van der Waals surface area (Å²) in [6.07, 6.45) is 3.40. The summed E-state index contributed by atoms with van der Waals surface area (Å²) in [5, 5.41) is 9.19. The molecule has 0 bridgehead atoms. The second-order valence-corrected chi connectivity index (χ2v) is 7.93. The third-order valence-corrected chi connectivity index (χ3v) is 5.70. The number of halogens is 1. The summed E-state index contributed by atoms with van der Waals surface area (Å²) in [6.45, 7) is 3.43. The lowest BCUT2D eigenvalue weighted by molar-refractivity contribution is 0.0767. The molecule has 27 heavy (non-hydrogen) atoms. The van der Waals surface area contributed by atoms with Gasteiger partial charge in [0.15, 0.2) is 5.69 Å². The van der Waals surface area contributed by atoms with Gasteiger partial charge in [-0.3, -0.25) is 9.78 Å². The van der Waals surface area contributed by atoms with E-state index in [1.54, 1.807) is 17.1 Å². The van der Waals surface area contributed by atoms with E-state index in [0.717, 1.165) is 41.4 Å². The first-order chi connectivity index (χ1) is 13.1. The third kappa shape index (κ3) is 3.57. The number of carbonyl (C=O) groups excluding carboxylic acids is 1. The minimum atomic E-state index is -0.0898. The fourth-order valence-corrected chi connectivity index (χ4v) is 4.16. The van der Waals surface area contributed by atoms with Crippen LogP contribution in [0.1, 0.15) is 16.1 Å². The number of hydrogen-bond acceptors (Lipinski definition) is 5. The van der Waals surface area contributed by atoms with Crippen molar-refractivity contribution in [3.63, 3.8) is 0 Å². The first kappa shape index (κ1) is 18.0. The van der Waals surface area contributed by atoms with E-state index >= 15 is 0 Å². The molecular formula is C19H18ClN5OS. The minimum absolute atomic E-state index is 0.0898. The van der Waals surface area contributed by atoms with Crippen molar-refractivity contribution in [1.82, 2.24) is 24.9 Å². The topological polar surface area (TPSA) is 63.9 Å². The Bertz CT molecular complexity index is 969.